The Labute approximate surface area is 74.9 Å². The summed E-state index contributed by atoms with van der Waals surface area (Å²) in [6, 6.07) is 6.64. The van der Waals surface area contributed by atoms with Gasteiger partial charge in [0, 0.05) is 17.9 Å². The number of thioether (sulfide) groups is 1. The fourth-order valence-electron chi connectivity index (χ4n) is 0.881. The maximum atomic E-state index is 10.3. The minimum atomic E-state index is -0.386. The van der Waals surface area contributed by atoms with E-state index in [1.54, 1.807) is 23.9 Å². The lowest BCUT2D eigenvalue weighted by molar-refractivity contribution is -0.384. The van der Waals surface area contributed by atoms with Gasteiger partial charge in [0.15, 0.2) is 0 Å². The van der Waals surface area contributed by atoms with E-state index in [4.69, 9.17) is 0 Å². The molecule has 0 aliphatic carbocycles. The van der Waals surface area contributed by atoms with Crippen molar-refractivity contribution in [3.8, 4) is 0 Å². The van der Waals surface area contributed by atoms with E-state index in [1.807, 2.05) is 6.26 Å². The van der Waals surface area contributed by atoms with Gasteiger partial charge in [0.25, 0.3) is 5.69 Å². The van der Waals surface area contributed by atoms with Crippen molar-refractivity contribution in [1.82, 2.24) is 0 Å². The lowest BCUT2D eigenvalue weighted by Crippen LogP contribution is -1.87. The number of nitro benzene ring substituents is 1. The predicted molar refractivity (Wildman–Crippen MR) is 50.3 cm³/mol. The van der Waals surface area contributed by atoms with E-state index < -0.39 is 0 Å². The molecule has 0 spiro atoms. The van der Waals surface area contributed by atoms with Crippen molar-refractivity contribution in [2.75, 3.05) is 6.26 Å². The molecule has 1 aromatic rings. The number of rotatable bonds is 3. The lowest BCUT2D eigenvalue weighted by atomic mass is 10.2. The van der Waals surface area contributed by atoms with Gasteiger partial charge in [-0.15, -0.1) is 0 Å². The van der Waals surface area contributed by atoms with Gasteiger partial charge < -0.3 is 0 Å². The van der Waals surface area contributed by atoms with Crippen LogP contribution in [0.3, 0.4) is 0 Å². The Bertz CT molecular complexity index is 271. The summed E-state index contributed by atoms with van der Waals surface area (Å²) in [7, 11) is 0. The lowest BCUT2D eigenvalue weighted by Gasteiger charge is -1.96. The SMILES string of the molecule is CSCc1ccc([N+](=O)[O-])cc1. The Kier molecular flexibility index (Phi) is 3.10. The quantitative estimate of drug-likeness (QED) is 0.534. The average molecular weight is 183 g/mol. The highest BCUT2D eigenvalue weighted by Gasteiger charge is 2.02. The molecule has 1 aromatic carbocycles. The number of nitro groups is 1. The predicted octanol–water partition coefficient (Wildman–Crippen LogP) is 2.46. The van der Waals surface area contributed by atoms with Crippen molar-refractivity contribution in [3.05, 3.63) is 39.9 Å². The van der Waals surface area contributed by atoms with E-state index in [0.29, 0.717) is 0 Å². The van der Waals surface area contributed by atoms with Crippen LogP contribution in [-0.2, 0) is 5.75 Å². The molecule has 0 N–H and O–H groups in total. The second kappa shape index (κ2) is 4.11. The maximum absolute atomic E-state index is 10.3. The molecule has 0 fully saturated rings. The van der Waals surface area contributed by atoms with E-state index in [-0.39, 0.29) is 10.6 Å². The minimum absolute atomic E-state index is 0.153. The van der Waals surface area contributed by atoms with Crippen LogP contribution in [0.15, 0.2) is 24.3 Å². The molecule has 0 aromatic heterocycles. The number of benzene rings is 1. The third kappa shape index (κ3) is 2.23. The molecule has 0 bridgehead atoms. The summed E-state index contributed by atoms with van der Waals surface area (Å²) < 4.78 is 0. The van der Waals surface area contributed by atoms with Gasteiger partial charge in [-0.05, 0) is 11.8 Å². The average Bonchev–Trinajstić information content (AvgIpc) is 2.06. The Morgan fingerprint density at radius 2 is 2.00 bits per heavy atom. The van der Waals surface area contributed by atoms with Gasteiger partial charge >= 0.3 is 0 Å². The molecule has 0 saturated heterocycles. The van der Waals surface area contributed by atoms with E-state index in [2.05, 4.69) is 0 Å². The van der Waals surface area contributed by atoms with Gasteiger partial charge in [-0.3, -0.25) is 10.1 Å². The fraction of sp³-hybridized carbons (Fsp3) is 0.250. The summed E-state index contributed by atoms with van der Waals surface area (Å²) in [6.07, 6.45) is 2.00. The standard InChI is InChI=1S/C8H9NO2S/c1-12-6-7-2-4-8(5-3-7)9(10)11/h2-5H,6H2,1H3. The third-order valence-electron chi connectivity index (χ3n) is 1.46. The zero-order valence-electron chi connectivity index (χ0n) is 6.69. The molecule has 0 amide bonds. The summed E-state index contributed by atoms with van der Waals surface area (Å²) >= 11 is 1.70. The molecule has 0 saturated carbocycles. The largest absolute Gasteiger partial charge is 0.269 e. The summed E-state index contributed by atoms with van der Waals surface area (Å²) in [4.78, 5) is 9.88. The van der Waals surface area contributed by atoms with Crippen molar-refractivity contribution >= 4 is 17.4 Å². The first-order valence-electron chi connectivity index (χ1n) is 3.46. The fourth-order valence-corrected chi connectivity index (χ4v) is 1.41. The van der Waals surface area contributed by atoms with Crippen LogP contribution in [0, 0.1) is 10.1 Å². The van der Waals surface area contributed by atoms with Crippen LogP contribution >= 0.6 is 11.8 Å². The summed E-state index contributed by atoms with van der Waals surface area (Å²) in [5.74, 6) is 0.901. The van der Waals surface area contributed by atoms with E-state index in [1.165, 1.54) is 12.1 Å². The van der Waals surface area contributed by atoms with E-state index in [0.717, 1.165) is 11.3 Å². The monoisotopic (exact) mass is 183 g/mol. The third-order valence-corrected chi connectivity index (χ3v) is 2.08. The molecule has 0 aliphatic rings. The molecule has 0 atom stereocenters. The highest BCUT2D eigenvalue weighted by atomic mass is 32.2. The highest BCUT2D eigenvalue weighted by Crippen LogP contribution is 2.14. The van der Waals surface area contributed by atoms with E-state index in [9.17, 15) is 10.1 Å². The number of nitrogens with zero attached hydrogens (tertiary/aromatic N) is 1. The van der Waals surface area contributed by atoms with Gasteiger partial charge in [-0.2, -0.15) is 11.8 Å². The van der Waals surface area contributed by atoms with Crippen LogP contribution in [0.2, 0.25) is 0 Å². The Balaban J connectivity index is 2.78. The van der Waals surface area contributed by atoms with E-state index >= 15 is 0 Å². The van der Waals surface area contributed by atoms with Crippen LogP contribution in [0.5, 0.6) is 0 Å². The number of hydrogen-bond acceptors (Lipinski definition) is 3. The maximum Gasteiger partial charge on any atom is 0.269 e. The smallest absolute Gasteiger partial charge is 0.258 e. The molecule has 1 rings (SSSR count). The molecule has 0 aliphatic heterocycles. The first kappa shape index (κ1) is 9.06. The Morgan fingerprint density at radius 1 is 1.42 bits per heavy atom. The Morgan fingerprint density at radius 3 is 2.42 bits per heavy atom. The number of hydrogen-bond donors (Lipinski definition) is 0. The van der Waals surface area contributed by atoms with Crippen molar-refractivity contribution in [3.63, 3.8) is 0 Å². The van der Waals surface area contributed by atoms with Crippen molar-refractivity contribution < 1.29 is 4.92 Å². The van der Waals surface area contributed by atoms with Crippen LogP contribution in [0.1, 0.15) is 5.56 Å². The molecular formula is C8H9NO2S. The van der Waals surface area contributed by atoms with Crippen molar-refractivity contribution in [1.29, 1.82) is 0 Å². The molecule has 0 radical (unpaired) electrons. The zero-order chi connectivity index (χ0) is 8.97. The van der Waals surface area contributed by atoms with Gasteiger partial charge in [-0.1, -0.05) is 12.1 Å². The van der Waals surface area contributed by atoms with Crippen LogP contribution in [0.4, 0.5) is 5.69 Å². The van der Waals surface area contributed by atoms with Crippen LogP contribution in [0.25, 0.3) is 0 Å². The van der Waals surface area contributed by atoms with Gasteiger partial charge in [0.1, 0.15) is 0 Å². The van der Waals surface area contributed by atoms with Gasteiger partial charge in [0.05, 0.1) is 4.92 Å². The minimum Gasteiger partial charge on any atom is -0.258 e. The topological polar surface area (TPSA) is 43.1 Å². The van der Waals surface area contributed by atoms with Gasteiger partial charge in [0.2, 0.25) is 0 Å². The number of non-ortho nitro benzene ring substituents is 1. The highest BCUT2D eigenvalue weighted by molar-refractivity contribution is 7.97. The molecule has 3 nitrogen and oxygen atoms in total. The molecule has 12 heavy (non-hydrogen) atoms. The summed E-state index contributed by atoms with van der Waals surface area (Å²) in [6.45, 7) is 0. The second-order valence-electron chi connectivity index (χ2n) is 2.36. The molecule has 4 heteroatoms. The zero-order valence-corrected chi connectivity index (χ0v) is 7.50. The molecular weight excluding hydrogens is 174 g/mol. The van der Waals surface area contributed by atoms with Crippen molar-refractivity contribution in [2.24, 2.45) is 0 Å². The molecule has 0 heterocycles. The van der Waals surface area contributed by atoms with Crippen molar-refractivity contribution in [2.45, 2.75) is 5.75 Å². The summed E-state index contributed by atoms with van der Waals surface area (Å²) in [5.41, 5.74) is 1.27. The normalized spacial score (nSPS) is 9.75. The Hall–Kier alpha value is -1.03. The summed E-state index contributed by atoms with van der Waals surface area (Å²) in [5, 5.41) is 10.3. The second-order valence-corrected chi connectivity index (χ2v) is 3.22. The first-order chi connectivity index (χ1) is 5.74. The van der Waals surface area contributed by atoms with Crippen LogP contribution < -0.4 is 0 Å². The molecule has 0 unspecified atom stereocenters. The van der Waals surface area contributed by atoms with Gasteiger partial charge in [-0.25, -0.2) is 0 Å². The first-order valence-corrected chi connectivity index (χ1v) is 4.85. The van der Waals surface area contributed by atoms with Crippen LogP contribution in [-0.4, -0.2) is 11.2 Å². The molecule has 64 valence electrons.